The minimum absolute atomic E-state index is 0.150. The molecule has 0 heterocycles. The van der Waals surface area contributed by atoms with E-state index in [0.717, 1.165) is 18.4 Å². The summed E-state index contributed by atoms with van der Waals surface area (Å²) in [6, 6.07) is 15.0. The van der Waals surface area contributed by atoms with E-state index in [0.29, 0.717) is 5.92 Å². The van der Waals surface area contributed by atoms with E-state index in [-0.39, 0.29) is 5.78 Å². The van der Waals surface area contributed by atoms with Crippen LogP contribution in [0.2, 0.25) is 0 Å². The lowest BCUT2D eigenvalue weighted by Gasteiger charge is -2.25. The molecule has 2 aliphatic rings. The maximum Gasteiger partial charge on any atom is 0.159 e. The van der Waals surface area contributed by atoms with Gasteiger partial charge in [-0.25, -0.2) is 0 Å². The molecule has 0 saturated heterocycles. The van der Waals surface area contributed by atoms with Gasteiger partial charge in [0, 0.05) is 5.56 Å². The van der Waals surface area contributed by atoms with Crippen molar-refractivity contribution in [1.29, 1.82) is 0 Å². The minimum Gasteiger partial charge on any atom is -0.295 e. The first-order valence-corrected chi connectivity index (χ1v) is 8.60. The van der Waals surface area contributed by atoms with E-state index in [1.165, 1.54) is 27.8 Å². The van der Waals surface area contributed by atoms with Gasteiger partial charge in [-0.1, -0.05) is 62.7 Å². The zero-order valence-corrected chi connectivity index (χ0v) is 14.4. The Balaban J connectivity index is 0.000000753. The first-order chi connectivity index (χ1) is 11.1. The second kappa shape index (κ2) is 6.16. The van der Waals surface area contributed by atoms with Crippen LogP contribution in [0.5, 0.6) is 0 Å². The van der Waals surface area contributed by atoms with Gasteiger partial charge in [0.2, 0.25) is 0 Å². The lowest BCUT2D eigenvalue weighted by molar-refractivity contribution is 0.101. The summed E-state index contributed by atoms with van der Waals surface area (Å²) in [5.41, 5.74) is 9.31. The summed E-state index contributed by atoms with van der Waals surface area (Å²) in [5.74, 6) is 0.643. The van der Waals surface area contributed by atoms with E-state index in [2.05, 4.69) is 43.3 Å². The Morgan fingerprint density at radius 1 is 1.04 bits per heavy atom. The molecule has 1 heteroatoms. The van der Waals surface area contributed by atoms with Crippen LogP contribution < -0.4 is 0 Å². The van der Waals surface area contributed by atoms with Crippen LogP contribution in [0.25, 0.3) is 5.57 Å². The van der Waals surface area contributed by atoms with Gasteiger partial charge in [-0.2, -0.15) is 0 Å². The lowest BCUT2D eigenvalue weighted by Crippen LogP contribution is -2.09. The maximum absolute atomic E-state index is 11.7. The molecule has 4 rings (SSSR count). The van der Waals surface area contributed by atoms with Gasteiger partial charge in [-0.15, -0.1) is 0 Å². The molecule has 0 saturated carbocycles. The largest absolute Gasteiger partial charge is 0.295 e. The predicted octanol–water partition coefficient (Wildman–Crippen LogP) is 5.78. The van der Waals surface area contributed by atoms with Gasteiger partial charge in [0.25, 0.3) is 0 Å². The van der Waals surface area contributed by atoms with Crippen LogP contribution in [0, 0.1) is 0 Å². The van der Waals surface area contributed by atoms with Crippen molar-refractivity contribution in [3.63, 3.8) is 0 Å². The van der Waals surface area contributed by atoms with Crippen LogP contribution in [0.1, 0.15) is 72.6 Å². The highest BCUT2D eigenvalue weighted by atomic mass is 16.1. The Labute approximate surface area is 139 Å². The number of Topliss-reactive ketones (excluding diaryl/α,β-unsaturated/α-hetero) is 1. The molecule has 0 unspecified atom stereocenters. The molecule has 2 aromatic rings. The fourth-order valence-electron chi connectivity index (χ4n) is 3.83. The van der Waals surface area contributed by atoms with E-state index in [1.807, 2.05) is 19.9 Å². The van der Waals surface area contributed by atoms with E-state index < -0.39 is 0 Å². The van der Waals surface area contributed by atoms with Crippen molar-refractivity contribution in [3.05, 3.63) is 75.9 Å². The average Bonchev–Trinajstić information content (AvgIpc) is 2.94. The molecule has 0 spiro atoms. The summed E-state index contributed by atoms with van der Waals surface area (Å²) in [6.07, 6.45) is 2.20. The molecule has 0 bridgehead atoms. The van der Waals surface area contributed by atoms with Crippen LogP contribution in [-0.2, 0) is 6.42 Å². The predicted molar refractivity (Wildman–Crippen MR) is 97.0 cm³/mol. The van der Waals surface area contributed by atoms with Gasteiger partial charge < -0.3 is 0 Å². The molecule has 1 atom stereocenters. The molecule has 23 heavy (non-hydrogen) atoms. The number of hydrogen-bond acceptors (Lipinski definition) is 1. The van der Waals surface area contributed by atoms with Crippen molar-refractivity contribution in [2.24, 2.45) is 0 Å². The van der Waals surface area contributed by atoms with Gasteiger partial charge in [0.1, 0.15) is 0 Å². The second-order valence-corrected chi connectivity index (χ2v) is 6.28. The van der Waals surface area contributed by atoms with E-state index in [9.17, 15) is 4.79 Å². The van der Waals surface area contributed by atoms with Crippen LogP contribution in [-0.4, -0.2) is 5.78 Å². The fourth-order valence-corrected chi connectivity index (χ4v) is 3.83. The first-order valence-electron chi connectivity index (χ1n) is 8.60. The van der Waals surface area contributed by atoms with Crippen molar-refractivity contribution in [2.75, 3.05) is 0 Å². The molecule has 0 aliphatic heterocycles. The third kappa shape index (κ3) is 2.55. The number of allylic oxidation sites excluding steroid dienone is 1. The zero-order chi connectivity index (χ0) is 16.6. The van der Waals surface area contributed by atoms with Crippen molar-refractivity contribution in [3.8, 4) is 0 Å². The molecule has 118 valence electrons. The van der Waals surface area contributed by atoms with Crippen molar-refractivity contribution >= 4 is 11.4 Å². The number of ketones is 1. The molecule has 0 amide bonds. The van der Waals surface area contributed by atoms with Crippen molar-refractivity contribution in [2.45, 2.75) is 46.5 Å². The van der Waals surface area contributed by atoms with Crippen LogP contribution in [0.4, 0.5) is 0 Å². The van der Waals surface area contributed by atoms with Crippen LogP contribution >= 0.6 is 0 Å². The SMILES string of the molecule is CC.CC(=O)c1ccc2c(c1)[C@H](C)CC1=C2c2ccccc2C1. The summed E-state index contributed by atoms with van der Waals surface area (Å²) in [6.45, 7) is 7.92. The highest BCUT2D eigenvalue weighted by Gasteiger charge is 2.30. The number of carbonyl (C=O) groups excluding carboxylic acids is 1. The van der Waals surface area contributed by atoms with Crippen molar-refractivity contribution < 1.29 is 4.79 Å². The third-order valence-electron chi connectivity index (χ3n) is 4.86. The number of rotatable bonds is 1. The maximum atomic E-state index is 11.7. The average molecular weight is 304 g/mol. The highest BCUT2D eigenvalue weighted by molar-refractivity contribution is 5.96. The molecule has 0 N–H and O–H groups in total. The zero-order valence-electron chi connectivity index (χ0n) is 14.4. The second-order valence-electron chi connectivity index (χ2n) is 6.28. The standard InChI is InChI=1S/C20H18O.C2H6/c1-12-9-16-10-15-5-3-4-6-17(15)20(16)18-8-7-14(13(2)21)11-19(12)18;1-2/h3-8,11-12H,9-10H2,1-2H3;1-2H3/t12-;/m1./s1. The fraction of sp³-hybridized carbons (Fsp3) is 0.318. The number of hydrogen-bond donors (Lipinski definition) is 0. The highest BCUT2D eigenvalue weighted by Crippen LogP contribution is 2.47. The van der Waals surface area contributed by atoms with E-state index in [4.69, 9.17) is 0 Å². The topological polar surface area (TPSA) is 17.1 Å². The van der Waals surface area contributed by atoms with Gasteiger partial charge in [0.05, 0.1) is 0 Å². The smallest absolute Gasteiger partial charge is 0.159 e. The molecular weight excluding hydrogens is 280 g/mol. The van der Waals surface area contributed by atoms with Crippen molar-refractivity contribution in [1.82, 2.24) is 0 Å². The Morgan fingerprint density at radius 3 is 2.52 bits per heavy atom. The molecule has 0 fully saturated rings. The quantitative estimate of drug-likeness (QED) is 0.610. The first kappa shape index (κ1) is 15.7. The molecular formula is C22H24O. The number of fused-ring (bicyclic) bond motifs is 4. The Bertz CT molecular complexity index is 795. The van der Waals surface area contributed by atoms with E-state index >= 15 is 0 Å². The molecule has 0 aromatic heterocycles. The lowest BCUT2D eigenvalue weighted by atomic mass is 9.79. The molecule has 2 aliphatic carbocycles. The Morgan fingerprint density at radius 2 is 1.78 bits per heavy atom. The van der Waals surface area contributed by atoms with Gasteiger partial charge >= 0.3 is 0 Å². The van der Waals surface area contributed by atoms with Gasteiger partial charge in [-0.3, -0.25) is 4.79 Å². The molecule has 2 aromatic carbocycles. The summed E-state index contributed by atoms with van der Waals surface area (Å²) in [4.78, 5) is 11.7. The van der Waals surface area contributed by atoms with Gasteiger partial charge in [-0.05, 0) is 59.6 Å². The summed E-state index contributed by atoms with van der Waals surface area (Å²) >= 11 is 0. The Hall–Kier alpha value is -2.15. The van der Waals surface area contributed by atoms with Gasteiger partial charge in [0.15, 0.2) is 5.78 Å². The van der Waals surface area contributed by atoms with Crippen LogP contribution in [0.3, 0.4) is 0 Å². The summed E-state index contributed by atoms with van der Waals surface area (Å²) in [5, 5.41) is 0. The number of benzene rings is 2. The summed E-state index contributed by atoms with van der Waals surface area (Å²) < 4.78 is 0. The minimum atomic E-state index is 0.150. The molecule has 1 nitrogen and oxygen atoms in total. The molecule has 0 radical (unpaired) electrons. The van der Waals surface area contributed by atoms with Crippen LogP contribution in [0.15, 0.2) is 48.0 Å². The third-order valence-corrected chi connectivity index (χ3v) is 4.86. The summed E-state index contributed by atoms with van der Waals surface area (Å²) in [7, 11) is 0. The monoisotopic (exact) mass is 304 g/mol. The normalized spacial score (nSPS) is 17.7. The Kier molecular flexibility index (Phi) is 4.21. The van der Waals surface area contributed by atoms with E-state index in [1.54, 1.807) is 12.5 Å². The number of carbonyl (C=O) groups is 1.